The summed E-state index contributed by atoms with van der Waals surface area (Å²) in [5, 5.41) is 9.95. The van der Waals surface area contributed by atoms with Crippen LogP contribution < -0.4 is 21.1 Å². The van der Waals surface area contributed by atoms with Gasteiger partial charge in [-0.05, 0) is 43.4 Å². The molecular weight excluding hydrogens is 458 g/mol. The average molecular weight is 484 g/mol. The van der Waals surface area contributed by atoms with Crippen molar-refractivity contribution in [2.75, 3.05) is 18.7 Å². The molecule has 0 amide bonds. The number of thioether (sulfide) groups is 1. The van der Waals surface area contributed by atoms with Crippen LogP contribution in [0.15, 0.2) is 29.4 Å². The summed E-state index contributed by atoms with van der Waals surface area (Å²) in [5.41, 5.74) is 7.71. The Kier molecular flexibility index (Phi) is 6.23. The third kappa shape index (κ3) is 4.55. The highest BCUT2D eigenvalue weighted by atomic mass is 32.2. The molecule has 0 saturated heterocycles. The van der Waals surface area contributed by atoms with Gasteiger partial charge in [0, 0.05) is 10.9 Å². The van der Waals surface area contributed by atoms with Gasteiger partial charge in [0.25, 0.3) is 0 Å². The molecule has 11 heteroatoms. The van der Waals surface area contributed by atoms with E-state index in [1.165, 1.54) is 46.1 Å². The third-order valence-corrected chi connectivity index (χ3v) is 7.74. The molecule has 0 unspecified atom stereocenters. The Balaban J connectivity index is 1.27. The molecule has 0 spiro atoms. The number of aryl methyl sites for hydroxylation is 2. The predicted octanol–water partition coefficient (Wildman–Crippen LogP) is 3.73. The van der Waals surface area contributed by atoms with E-state index in [9.17, 15) is 0 Å². The fourth-order valence-corrected chi connectivity index (χ4v) is 5.96. The highest BCUT2D eigenvalue weighted by molar-refractivity contribution is 7.98. The van der Waals surface area contributed by atoms with Crippen LogP contribution in [0.5, 0.6) is 11.5 Å². The Morgan fingerprint density at radius 3 is 2.85 bits per heavy atom. The largest absolute Gasteiger partial charge is 0.497 e. The van der Waals surface area contributed by atoms with Gasteiger partial charge < -0.3 is 21.1 Å². The molecular formula is C22H25N7O2S2. The Morgan fingerprint density at radius 2 is 1.97 bits per heavy atom. The molecule has 3 aromatic heterocycles. The molecule has 5 rings (SSSR count). The number of hydrogen-bond donors (Lipinski definition) is 2. The maximum Gasteiger partial charge on any atom is 0.210 e. The molecule has 1 aliphatic carbocycles. The van der Waals surface area contributed by atoms with Crippen molar-refractivity contribution in [1.82, 2.24) is 24.8 Å². The first-order valence-electron chi connectivity index (χ1n) is 10.8. The molecule has 9 nitrogen and oxygen atoms in total. The van der Waals surface area contributed by atoms with Crippen LogP contribution in [0.25, 0.3) is 10.2 Å². The summed E-state index contributed by atoms with van der Waals surface area (Å²) in [4.78, 5) is 11.8. The van der Waals surface area contributed by atoms with E-state index in [0.717, 1.165) is 28.8 Å². The van der Waals surface area contributed by atoms with Crippen LogP contribution >= 0.6 is 23.1 Å². The first-order valence-corrected chi connectivity index (χ1v) is 12.6. The van der Waals surface area contributed by atoms with Crippen molar-refractivity contribution in [2.24, 2.45) is 0 Å². The lowest BCUT2D eigenvalue weighted by atomic mass is 10.1. The second kappa shape index (κ2) is 9.44. The SMILES string of the molecule is COc1cccc(OCc2nnc(SCc3nc(N)c4c5c(sc4n3)CCCCC5)n2N)c1. The van der Waals surface area contributed by atoms with Gasteiger partial charge >= 0.3 is 0 Å². The molecule has 1 aromatic carbocycles. The molecule has 172 valence electrons. The van der Waals surface area contributed by atoms with Gasteiger partial charge in [-0.3, -0.25) is 0 Å². The van der Waals surface area contributed by atoms with Crippen LogP contribution in [0.1, 0.15) is 41.4 Å². The van der Waals surface area contributed by atoms with Crippen molar-refractivity contribution in [3.05, 3.63) is 46.4 Å². The van der Waals surface area contributed by atoms with Crippen LogP contribution in [-0.4, -0.2) is 32.0 Å². The molecule has 3 heterocycles. The molecule has 33 heavy (non-hydrogen) atoms. The molecule has 0 atom stereocenters. The molecule has 0 fully saturated rings. The molecule has 0 bridgehead atoms. The van der Waals surface area contributed by atoms with Crippen LogP contribution in [0.2, 0.25) is 0 Å². The van der Waals surface area contributed by atoms with E-state index < -0.39 is 0 Å². The number of ether oxygens (including phenoxy) is 2. The zero-order valence-corrected chi connectivity index (χ0v) is 19.9. The van der Waals surface area contributed by atoms with Crippen molar-refractivity contribution < 1.29 is 9.47 Å². The average Bonchev–Trinajstić information content (AvgIpc) is 3.27. The first-order chi connectivity index (χ1) is 16.1. The summed E-state index contributed by atoms with van der Waals surface area (Å²) in [6, 6.07) is 7.36. The maximum absolute atomic E-state index is 6.36. The molecule has 0 radical (unpaired) electrons. The maximum atomic E-state index is 6.36. The number of hydrogen-bond acceptors (Lipinski definition) is 10. The van der Waals surface area contributed by atoms with Gasteiger partial charge in [0.2, 0.25) is 5.16 Å². The number of nitrogens with two attached hydrogens (primary N) is 2. The number of aromatic nitrogens is 5. The van der Waals surface area contributed by atoms with Crippen molar-refractivity contribution in [3.8, 4) is 11.5 Å². The number of nitrogens with zero attached hydrogens (tertiary/aromatic N) is 5. The number of fused-ring (bicyclic) bond motifs is 3. The van der Waals surface area contributed by atoms with Crippen LogP contribution in [0, 0.1) is 0 Å². The summed E-state index contributed by atoms with van der Waals surface area (Å²) >= 11 is 3.17. The van der Waals surface area contributed by atoms with Crippen molar-refractivity contribution >= 4 is 39.1 Å². The molecule has 4 N–H and O–H groups in total. The Morgan fingerprint density at radius 1 is 1.12 bits per heavy atom. The summed E-state index contributed by atoms with van der Waals surface area (Å²) < 4.78 is 12.4. The minimum Gasteiger partial charge on any atom is -0.497 e. The number of rotatable bonds is 7. The number of anilines is 1. The van der Waals surface area contributed by atoms with Gasteiger partial charge in [0.1, 0.15) is 34.6 Å². The zero-order valence-electron chi connectivity index (χ0n) is 18.3. The summed E-state index contributed by atoms with van der Waals surface area (Å²) in [7, 11) is 1.61. The molecule has 0 saturated carbocycles. The van der Waals surface area contributed by atoms with Gasteiger partial charge in [-0.25, -0.2) is 14.6 Å². The molecule has 1 aliphatic rings. The number of thiophene rings is 1. The number of benzene rings is 1. The standard InChI is InChI=1S/C22H25N7O2S2/c1-30-13-6-5-7-14(10-13)31-11-18-27-28-22(29(18)24)32-12-17-25-20(23)19-15-8-3-2-4-9-16(15)33-21(19)26-17/h5-7,10H,2-4,8-9,11-12,24H2,1H3,(H2,23,25,26). The quantitative estimate of drug-likeness (QED) is 0.230. The van der Waals surface area contributed by atoms with E-state index in [1.807, 2.05) is 18.2 Å². The summed E-state index contributed by atoms with van der Waals surface area (Å²) in [6.07, 6.45) is 5.87. The predicted molar refractivity (Wildman–Crippen MR) is 130 cm³/mol. The topological polar surface area (TPSA) is 127 Å². The Bertz CT molecular complexity index is 1290. The highest BCUT2D eigenvalue weighted by Crippen LogP contribution is 2.37. The van der Waals surface area contributed by atoms with E-state index in [0.29, 0.717) is 34.1 Å². The van der Waals surface area contributed by atoms with E-state index in [1.54, 1.807) is 24.5 Å². The van der Waals surface area contributed by atoms with Gasteiger partial charge in [-0.1, -0.05) is 24.2 Å². The summed E-state index contributed by atoms with van der Waals surface area (Å²) in [5.74, 6) is 9.81. The van der Waals surface area contributed by atoms with Crippen LogP contribution in [-0.2, 0) is 25.2 Å². The fourth-order valence-electron chi connectivity index (χ4n) is 3.94. The second-order valence-corrected chi connectivity index (χ2v) is 9.82. The zero-order chi connectivity index (χ0) is 22.8. The minimum absolute atomic E-state index is 0.188. The van der Waals surface area contributed by atoms with Gasteiger partial charge in [0.05, 0.1) is 18.2 Å². The molecule has 0 aliphatic heterocycles. The van der Waals surface area contributed by atoms with E-state index in [4.69, 9.17) is 26.0 Å². The lowest BCUT2D eigenvalue weighted by molar-refractivity contribution is 0.289. The van der Waals surface area contributed by atoms with Gasteiger partial charge in [0.15, 0.2) is 5.82 Å². The monoisotopic (exact) mass is 483 g/mol. The van der Waals surface area contributed by atoms with Crippen LogP contribution in [0.3, 0.4) is 0 Å². The lowest BCUT2D eigenvalue weighted by Crippen LogP contribution is -2.16. The minimum atomic E-state index is 0.188. The Hall–Kier alpha value is -3.05. The first kappa shape index (κ1) is 21.8. The fraction of sp³-hybridized carbons (Fsp3) is 0.364. The smallest absolute Gasteiger partial charge is 0.210 e. The van der Waals surface area contributed by atoms with E-state index in [2.05, 4.69) is 15.2 Å². The lowest BCUT2D eigenvalue weighted by Gasteiger charge is -2.08. The Labute approximate surface area is 199 Å². The van der Waals surface area contributed by atoms with E-state index >= 15 is 0 Å². The second-order valence-electron chi connectivity index (χ2n) is 7.79. The van der Waals surface area contributed by atoms with Crippen LogP contribution in [0.4, 0.5) is 5.82 Å². The molecule has 4 aromatic rings. The van der Waals surface area contributed by atoms with E-state index in [-0.39, 0.29) is 6.61 Å². The number of methoxy groups -OCH3 is 1. The number of nitrogen functional groups attached to an aromatic ring is 2. The van der Waals surface area contributed by atoms with Crippen molar-refractivity contribution in [1.29, 1.82) is 0 Å². The summed E-state index contributed by atoms with van der Waals surface area (Å²) in [6.45, 7) is 0.188. The van der Waals surface area contributed by atoms with Crippen molar-refractivity contribution in [3.63, 3.8) is 0 Å². The normalized spacial score (nSPS) is 13.6. The third-order valence-electron chi connectivity index (χ3n) is 5.61. The van der Waals surface area contributed by atoms with Gasteiger partial charge in [-0.2, -0.15) is 0 Å². The highest BCUT2D eigenvalue weighted by Gasteiger charge is 2.20. The van der Waals surface area contributed by atoms with Crippen molar-refractivity contribution in [2.45, 2.75) is 49.6 Å². The van der Waals surface area contributed by atoms with Gasteiger partial charge in [-0.15, -0.1) is 21.5 Å².